The molecule has 3 rings (SSSR count). The summed E-state index contributed by atoms with van der Waals surface area (Å²) in [5.74, 6) is 1.15. The third-order valence-corrected chi connectivity index (χ3v) is 3.64. The quantitative estimate of drug-likeness (QED) is 0.665. The Bertz CT molecular complexity index is 572. The molecule has 2 aliphatic rings. The van der Waals surface area contributed by atoms with E-state index >= 15 is 0 Å². The van der Waals surface area contributed by atoms with Gasteiger partial charge in [0.2, 0.25) is 0 Å². The number of benzene rings is 1. The molecule has 1 aromatic rings. The molecular weight excluding hydrogens is 192 g/mol. The van der Waals surface area contributed by atoms with Gasteiger partial charge in [-0.05, 0) is 16.9 Å². The van der Waals surface area contributed by atoms with Crippen LogP contribution in [0.4, 0.5) is 0 Å². The van der Waals surface area contributed by atoms with Gasteiger partial charge in [-0.15, -0.1) is 0 Å². The number of hydrogen-bond acceptors (Lipinski definition) is 0. The average Bonchev–Trinajstić information content (AvgIpc) is 2.36. The van der Waals surface area contributed by atoms with Crippen molar-refractivity contribution >= 4 is 11.6 Å². The van der Waals surface area contributed by atoms with Crippen LogP contribution in [0.2, 0.25) is 0 Å². The zero-order valence-corrected chi connectivity index (χ0v) is 9.56. The van der Waals surface area contributed by atoms with Gasteiger partial charge in [-0.3, -0.25) is 0 Å². The minimum atomic E-state index is 0.565. The summed E-state index contributed by atoms with van der Waals surface area (Å²) in [7, 11) is 0. The van der Waals surface area contributed by atoms with E-state index in [0.717, 1.165) is 6.42 Å². The van der Waals surface area contributed by atoms with E-state index in [0.29, 0.717) is 11.8 Å². The van der Waals surface area contributed by atoms with Crippen molar-refractivity contribution in [2.75, 3.05) is 0 Å². The molecule has 0 saturated carbocycles. The van der Waals surface area contributed by atoms with E-state index in [1.165, 1.54) is 10.4 Å². The van der Waals surface area contributed by atoms with Gasteiger partial charge in [0.25, 0.3) is 0 Å². The lowest BCUT2D eigenvalue weighted by molar-refractivity contribution is 0.685. The van der Waals surface area contributed by atoms with Crippen LogP contribution in [-0.2, 0) is 0 Å². The van der Waals surface area contributed by atoms with Gasteiger partial charge in [-0.2, -0.15) is 0 Å². The van der Waals surface area contributed by atoms with E-state index in [-0.39, 0.29) is 0 Å². The first-order valence-corrected chi connectivity index (χ1v) is 6.05. The number of fused-ring (bicyclic) bond motifs is 2. The number of rotatable bonds is 1. The number of allylic oxidation sites excluding steroid dienone is 4. The summed E-state index contributed by atoms with van der Waals surface area (Å²) in [5, 5.41) is 2.85. The zero-order valence-electron chi connectivity index (χ0n) is 9.56. The van der Waals surface area contributed by atoms with Crippen LogP contribution < -0.4 is 10.4 Å². The molecule has 2 atom stereocenters. The van der Waals surface area contributed by atoms with E-state index in [1.54, 1.807) is 5.57 Å². The van der Waals surface area contributed by atoms with E-state index < -0.39 is 0 Å². The van der Waals surface area contributed by atoms with Crippen molar-refractivity contribution in [3.8, 4) is 0 Å². The fourth-order valence-corrected chi connectivity index (χ4v) is 2.88. The van der Waals surface area contributed by atoms with E-state index in [1.807, 2.05) is 0 Å². The molecule has 16 heavy (non-hydrogen) atoms. The van der Waals surface area contributed by atoms with Crippen molar-refractivity contribution in [1.82, 2.24) is 0 Å². The van der Waals surface area contributed by atoms with E-state index in [4.69, 9.17) is 0 Å². The monoisotopic (exact) mass is 208 g/mol. The maximum Gasteiger partial charge on any atom is 0.00870 e. The molecule has 1 aromatic carbocycles. The largest absolute Gasteiger partial charge is 0.0767 e. The second-order valence-electron chi connectivity index (χ2n) is 4.51. The second kappa shape index (κ2) is 3.79. The van der Waals surface area contributed by atoms with Crippen LogP contribution in [0.25, 0.3) is 11.6 Å². The maximum absolute atomic E-state index is 2.40. The highest BCUT2D eigenvalue weighted by atomic mass is 14.3. The standard InChI is InChI=1S/C16H16/c1-2-14-15-9-5-3-7-12(15)11-13-8-4-6-10-16(13)14/h3-12,15H,2H2,1H3. The van der Waals surface area contributed by atoms with Crippen LogP contribution in [0.5, 0.6) is 0 Å². The van der Waals surface area contributed by atoms with Crippen LogP contribution in [-0.4, -0.2) is 0 Å². The molecular formula is C16H16. The van der Waals surface area contributed by atoms with Crippen molar-refractivity contribution in [2.45, 2.75) is 13.3 Å². The minimum Gasteiger partial charge on any atom is -0.0767 e. The van der Waals surface area contributed by atoms with Gasteiger partial charge in [-0.25, -0.2) is 0 Å². The smallest absolute Gasteiger partial charge is 0.00870 e. The van der Waals surface area contributed by atoms with Crippen molar-refractivity contribution in [1.29, 1.82) is 0 Å². The molecule has 0 fully saturated rings. The fourth-order valence-electron chi connectivity index (χ4n) is 2.88. The number of hydrogen-bond donors (Lipinski definition) is 0. The molecule has 0 N–H and O–H groups in total. The molecule has 80 valence electrons. The third-order valence-electron chi connectivity index (χ3n) is 3.64. The summed E-state index contributed by atoms with van der Waals surface area (Å²) in [5.41, 5.74) is 1.59. The molecule has 0 amide bonds. The summed E-state index contributed by atoms with van der Waals surface area (Å²) in [6.45, 7) is 2.26. The lowest BCUT2D eigenvalue weighted by Crippen LogP contribution is -2.35. The zero-order chi connectivity index (χ0) is 11.0. The first kappa shape index (κ1) is 9.65. The summed E-state index contributed by atoms with van der Waals surface area (Å²) in [6, 6.07) is 8.76. The topological polar surface area (TPSA) is 0 Å². The summed E-state index contributed by atoms with van der Waals surface area (Å²) >= 11 is 0. The highest BCUT2D eigenvalue weighted by Crippen LogP contribution is 2.31. The predicted octanol–water partition coefficient (Wildman–Crippen LogP) is 2.40. The van der Waals surface area contributed by atoms with Gasteiger partial charge < -0.3 is 0 Å². The Kier molecular flexibility index (Phi) is 2.28. The second-order valence-corrected chi connectivity index (χ2v) is 4.51. The fraction of sp³-hybridized carbons (Fsp3) is 0.250. The Morgan fingerprint density at radius 3 is 2.75 bits per heavy atom. The van der Waals surface area contributed by atoms with E-state index in [2.05, 4.69) is 61.6 Å². The average molecular weight is 208 g/mol. The highest BCUT2D eigenvalue weighted by molar-refractivity contribution is 5.59. The molecule has 0 heteroatoms. The molecule has 0 aromatic heterocycles. The van der Waals surface area contributed by atoms with Crippen LogP contribution in [0.3, 0.4) is 0 Å². The summed E-state index contributed by atoms with van der Waals surface area (Å²) in [4.78, 5) is 0. The molecule has 0 nitrogen and oxygen atoms in total. The van der Waals surface area contributed by atoms with Crippen LogP contribution in [0.15, 0.2) is 48.6 Å². The Morgan fingerprint density at radius 2 is 1.88 bits per heavy atom. The highest BCUT2D eigenvalue weighted by Gasteiger charge is 2.22. The Labute approximate surface area is 96.3 Å². The van der Waals surface area contributed by atoms with Crippen LogP contribution >= 0.6 is 0 Å². The summed E-state index contributed by atoms with van der Waals surface area (Å²) < 4.78 is 0. The van der Waals surface area contributed by atoms with Crippen molar-refractivity contribution in [3.63, 3.8) is 0 Å². The first-order valence-electron chi connectivity index (χ1n) is 6.05. The van der Waals surface area contributed by atoms with Gasteiger partial charge in [0, 0.05) is 11.8 Å². The molecule has 0 spiro atoms. The van der Waals surface area contributed by atoms with E-state index in [9.17, 15) is 0 Å². The Balaban J connectivity index is 2.32. The first-order chi connectivity index (χ1) is 7.90. The lowest BCUT2D eigenvalue weighted by atomic mass is 9.77. The molecule has 2 aliphatic carbocycles. The molecule has 0 aliphatic heterocycles. The Hall–Kier alpha value is -1.56. The van der Waals surface area contributed by atoms with Crippen molar-refractivity contribution in [2.24, 2.45) is 11.8 Å². The predicted molar refractivity (Wildman–Crippen MR) is 69.1 cm³/mol. The molecule has 2 unspecified atom stereocenters. The van der Waals surface area contributed by atoms with Gasteiger partial charge in [0.05, 0.1) is 0 Å². The Morgan fingerprint density at radius 1 is 1.06 bits per heavy atom. The maximum atomic E-state index is 2.40. The van der Waals surface area contributed by atoms with Gasteiger partial charge in [0.1, 0.15) is 0 Å². The molecule has 0 radical (unpaired) electrons. The van der Waals surface area contributed by atoms with Crippen molar-refractivity contribution in [3.05, 3.63) is 59.0 Å². The lowest BCUT2D eigenvalue weighted by Gasteiger charge is -2.27. The van der Waals surface area contributed by atoms with Gasteiger partial charge >= 0.3 is 0 Å². The summed E-state index contributed by atoms with van der Waals surface area (Å²) in [6.07, 6.45) is 12.5. The van der Waals surface area contributed by atoms with Crippen LogP contribution in [0.1, 0.15) is 13.3 Å². The minimum absolute atomic E-state index is 0.565. The molecule has 0 bridgehead atoms. The van der Waals surface area contributed by atoms with Crippen molar-refractivity contribution < 1.29 is 0 Å². The molecule has 0 heterocycles. The third kappa shape index (κ3) is 1.37. The molecule has 0 saturated heterocycles. The van der Waals surface area contributed by atoms with Gasteiger partial charge in [-0.1, -0.05) is 67.1 Å². The van der Waals surface area contributed by atoms with Crippen LogP contribution in [0, 0.1) is 11.8 Å². The van der Waals surface area contributed by atoms with Gasteiger partial charge in [0.15, 0.2) is 0 Å². The SMILES string of the molecule is CCC1=c2ccccc2=CC2C=CC=CC12. The normalized spacial score (nSPS) is 25.9.